The highest BCUT2D eigenvalue weighted by Gasteiger charge is 2.27. The summed E-state index contributed by atoms with van der Waals surface area (Å²) in [5.74, 6) is -0.431. The Kier molecular flexibility index (Phi) is 6.32. The van der Waals surface area contributed by atoms with Crippen molar-refractivity contribution in [2.75, 3.05) is 33.0 Å². The van der Waals surface area contributed by atoms with Crippen molar-refractivity contribution >= 4 is 5.97 Å². The van der Waals surface area contributed by atoms with Crippen LogP contribution in [0.2, 0.25) is 0 Å². The van der Waals surface area contributed by atoms with Crippen LogP contribution in [0.25, 0.3) is 0 Å². The van der Waals surface area contributed by atoms with Crippen LogP contribution in [0.4, 0.5) is 0 Å². The van der Waals surface area contributed by atoms with E-state index in [9.17, 15) is 4.79 Å². The molecular formula is C13H22O5. The van der Waals surface area contributed by atoms with Gasteiger partial charge in [0.1, 0.15) is 6.61 Å². The quantitative estimate of drug-likeness (QED) is 0.394. The molecular weight excluding hydrogens is 236 g/mol. The molecule has 0 aromatic carbocycles. The number of hydrogen-bond donors (Lipinski definition) is 0. The summed E-state index contributed by atoms with van der Waals surface area (Å²) in [5, 5.41) is 0. The SMILES string of the molecule is C=CC(=O)OCCOCCC1OCC(C)(C)CO1. The van der Waals surface area contributed by atoms with Gasteiger partial charge < -0.3 is 18.9 Å². The summed E-state index contributed by atoms with van der Waals surface area (Å²) in [6, 6.07) is 0. The Morgan fingerprint density at radius 3 is 2.61 bits per heavy atom. The summed E-state index contributed by atoms with van der Waals surface area (Å²) >= 11 is 0. The van der Waals surface area contributed by atoms with Gasteiger partial charge in [0, 0.05) is 17.9 Å². The Hall–Kier alpha value is -0.910. The third kappa shape index (κ3) is 6.14. The fourth-order valence-electron chi connectivity index (χ4n) is 1.44. The van der Waals surface area contributed by atoms with Crippen LogP contribution in [0.3, 0.4) is 0 Å². The summed E-state index contributed by atoms with van der Waals surface area (Å²) in [5.41, 5.74) is 0.0935. The van der Waals surface area contributed by atoms with Gasteiger partial charge >= 0.3 is 5.97 Å². The zero-order valence-corrected chi connectivity index (χ0v) is 11.1. The third-order valence-corrected chi connectivity index (χ3v) is 2.46. The monoisotopic (exact) mass is 258 g/mol. The van der Waals surface area contributed by atoms with Gasteiger partial charge in [-0.1, -0.05) is 20.4 Å². The molecule has 0 spiro atoms. The van der Waals surface area contributed by atoms with Crippen molar-refractivity contribution in [2.24, 2.45) is 5.41 Å². The van der Waals surface area contributed by atoms with E-state index in [1.807, 2.05) is 0 Å². The van der Waals surface area contributed by atoms with Crippen molar-refractivity contribution in [1.29, 1.82) is 0 Å². The van der Waals surface area contributed by atoms with E-state index in [0.717, 1.165) is 6.08 Å². The molecule has 0 aliphatic carbocycles. The summed E-state index contributed by atoms with van der Waals surface area (Å²) in [6.45, 7) is 10.1. The van der Waals surface area contributed by atoms with Crippen LogP contribution in [-0.4, -0.2) is 45.3 Å². The lowest BCUT2D eigenvalue weighted by Gasteiger charge is -2.34. The maximum atomic E-state index is 10.7. The summed E-state index contributed by atoms with van der Waals surface area (Å²) in [4.78, 5) is 10.7. The lowest BCUT2D eigenvalue weighted by Crippen LogP contribution is -2.38. The topological polar surface area (TPSA) is 54.0 Å². The largest absolute Gasteiger partial charge is 0.460 e. The smallest absolute Gasteiger partial charge is 0.330 e. The van der Waals surface area contributed by atoms with Crippen LogP contribution in [-0.2, 0) is 23.7 Å². The van der Waals surface area contributed by atoms with Crippen molar-refractivity contribution in [3.8, 4) is 0 Å². The number of ether oxygens (including phenoxy) is 4. The van der Waals surface area contributed by atoms with Gasteiger partial charge in [-0.15, -0.1) is 0 Å². The third-order valence-electron chi connectivity index (χ3n) is 2.46. The first-order valence-corrected chi connectivity index (χ1v) is 6.14. The summed E-state index contributed by atoms with van der Waals surface area (Å²) in [6.07, 6.45) is 1.63. The zero-order chi connectivity index (χ0) is 13.4. The Bertz CT molecular complexity index is 265. The van der Waals surface area contributed by atoms with E-state index < -0.39 is 5.97 Å². The molecule has 1 saturated heterocycles. The van der Waals surface area contributed by atoms with Crippen molar-refractivity contribution in [1.82, 2.24) is 0 Å². The highest BCUT2D eigenvalue weighted by Crippen LogP contribution is 2.23. The van der Waals surface area contributed by atoms with Crippen molar-refractivity contribution in [3.63, 3.8) is 0 Å². The van der Waals surface area contributed by atoms with Crippen LogP contribution in [0.1, 0.15) is 20.3 Å². The number of carbonyl (C=O) groups is 1. The molecule has 1 rings (SSSR count). The van der Waals surface area contributed by atoms with Gasteiger partial charge in [0.2, 0.25) is 0 Å². The van der Waals surface area contributed by atoms with Gasteiger partial charge in [-0.05, 0) is 0 Å². The Morgan fingerprint density at radius 1 is 1.33 bits per heavy atom. The highest BCUT2D eigenvalue weighted by molar-refractivity contribution is 5.81. The average Bonchev–Trinajstić information content (AvgIpc) is 2.35. The maximum Gasteiger partial charge on any atom is 0.330 e. The molecule has 0 saturated carbocycles. The molecule has 1 heterocycles. The maximum absolute atomic E-state index is 10.7. The van der Waals surface area contributed by atoms with E-state index in [-0.39, 0.29) is 18.3 Å². The minimum Gasteiger partial charge on any atom is -0.460 e. The Labute approximate surface area is 108 Å². The van der Waals surface area contributed by atoms with Crippen LogP contribution >= 0.6 is 0 Å². The molecule has 5 heteroatoms. The van der Waals surface area contributed by atoms with Gasteiger partial charge in [0.25, 0.3) is 0 Å². The van der Waals surface area contributed by atoms with Gasteiger partial charge in [0.15, 0.2) is 6.29 Å². The molecule has 0 aromatic heterocycles. The average molecular weight is 258 g/mol. The first-order valence-electron chi connectivity index (χ1n) is 6.14. The lowest BCUT2D eigenvalue weighted by molar-refractivity contribution is -0.227. The summed E-state index contributed by atoms with van der Waals surface area (Å²) in [7, 11) is 0. The minimum atomic E-state index is -0.431. The van der Waals surface area contributed by atoms with Gasteiger partial charge in [-0.2, -0.15) is 0 Å². The molecule has 0 radical (unpaired) electrons. The number of rotatable bonds is 7. The van der Waals surface area contributed by atoms with Crippen LogP contribution < -0.4 is 0 Å². The molecule has 0 bridgehead atoms. The molecule has 0 aromatic rings. The summed E-state index contributed by atoms with van der Waals surface area (Å²) < 4.78 is 21.2. The number of hydrogen-bond acceptors (Lipinski definition) is 5. The zero-order valence-electron chi connectivity index (χ0n) is 11.1. The molecule has 1 aliphatic rings. The number of carbonyl (C=O) groups excluding carboxylic acids is 1. The second-order valence-corrected chi connectivity index (χ2v) is 4.99. The van der Waals surface area contributed by atoms with Crippen LogP contribution in [0.15, 0.2) is 12.7 Å². The van der Waals surface area contributed by atoms with E-state index in [2.05, 4.69) is 20.4 Å². The van der Waals surface area contributed by atoms with E-state index >= 15 is 0 Å². The Morgan fingerprint density at radius 2 is 2.00 bits per heavy atom. The molecule has 5 nitrogen and oxygen atoms in total. The molecule has 0 unspecified atom stereocenters. The first-order chi connectivity index (χ1) is 8.53. The normalized spacial score (nSPS) is 19.4. The molecule has 104 valence electrons. The van der Waals surface area contributed by atoms with Crippen molar-refractivity contribution < 1.29 is 23.7 Å². The second kappa shape index (κ2) is 7.51. The molecule has 0 atom stereocenters. The fourth-order valence-corrected chi connectivity index (χ4v) is 1.44. The van der Waals surface area contributed by atoms with Gasteiger partial charge in [-0.3, -0.25) is 0 Å². The van der Waals surface area contributed by atoms with Crippen LogP contribution in [0.5, 0.6) is 0 Å². The van der Waals surface area contributed by atoms with E-state index in [0.29, 0.717) is 32.8 Å². The van der Waals surface area contributed by atoms with E-state index in [4.69, 9.17) is 18.9 Å². The Balaban J connectivity index is 1.96. The van der Waals surface area contributed by atoms with Crippen LogP contribution in [0, 0.1) is 5.41 Å². The van der Waals surface area contributed by atoms with E-state index in [1.165, 1.54) is 0 Å². The van der Waals surface area contributed by atoms with Crippen molar-refractivity contribution in [2.45, 2.75) is 26.6 Å². The highest BCUT2D eigenvalue weighted by atomic mass is 16.7. The van der Waals surface area contributed by atoms with E-state index in [1.54, 1.807) is 0 Å². The second-order valence-electron chi connectivity index (χ2n) is 4.99. The molecule has 1 fully saturated rings. The fraction of sp³-hybridized carbons (Fsp3) is 0.769. The predicted octanol–water partition coefficient (Wildman–Crippen LogP) is 1.52. The molecule has 0 amide bonds. The number of esters is 1. The van der Waals surface area contributed by atoms with Crippen molar-refractivity contribution in [3.05, 3.63) is 12.7 Å². The standard InChI is InChI=1S/C13H22O5/c1-4-11(14)16-8-7-15-6-5-12-17-9-13(2,3)10-18-12/h4,12H,1,5-10H2,2-3H3. The molecule has 1 aliphatic heterocycles. The van der Waals surface area contributed by atoms with Gasteiger partial charge in [0.05, 0.1) is 26.4 Å². The molecule has 18 heavy (non-hydrogen) atoms. The minimum absolute atomic E-state index is 0.0935. The van der Waals surface area contributed by atoms with Gasteiger partial charge in [-0.25, -0.2) is 4.79 Å². The predicted molar refractivity (Wildman–Crippen MR) is 66.1 cm³/mol. The molecule has 0 N–H and O–H groups in total. The lowest BCUT2D eigenvalue weighted by atomic mass is 9.95. The first kappa shape index (κ1) is 15.1.